The maximum absolute atomic E-state index is 11.6. The van der Waals surface area contributed by atoms with E-state index in [0.717, 1.165) is 60.7 Å². The molecule has 5 atom stereocenters. The zero-order valence-electron chi connectivity index (χ0n) is 18.0. The van der Waals surface area contributed by atoms with Crippen LogP contribution in [0.15, 0.2) is 12.3 Å². The number of hydrogen-bond donors (Lipinski definition) is 1. The van der Waals surface area contributed by atoms with Gasteiger partial charge in [0.2, 0.25) is 16.0 Å². The molecular formula is C22H32N4O3S. The SMILES string of the molecule is CCC1CC(C)C2CC(COc3cc4nnc(NS(C)(=O)=O)n4cc3C3CC3)CC12. The van der Waals surface area contributed by atoms with Crippen LogP contribution >= 0.6 is 0 Å². The molecule has 3 aliphatic carbocycles. The van der Waals surface area contributed by atoms with Crippen LogP contribution in [0.3, 0.4) is 0 Å². The van der Waals surface area contributed by atoms with E-state index in [-0.39, 0.29) is 5.95 Å². The minimum absolute atomic E-state index is 0.226. The summed E-state index contributed by atoms with van der Waals surface area (Å²) in [6.07, 6.45) is 10.6. The van der Waals surface area contributed by atoms with Crippen LogP contribution < -0.4 is 9.46 Å². The summed E-state index contributed by atoms with van der Waals surface area (Å²) in [4.78, 5) is 0. The van der Waals surface area contributed by atoms with E-state index in [4.69, 9.17) is 4.74 Å². The fraction of sp³-hybridized carbons (Fsp3) is 0.727. The lowest BCUT2D eigenvalue weighted by Crippen LogP contribution is -2.14. The van der Waals surface area contributed by atoms with Crippen LogP contribution in [-0.4, -0.2) is 35.9 Å². The Morgan fingerprint density at radius 1 is 1.20 bits per heavy atom. The third-order valence-electron chi connectivity index (χ3n) is 7.60. The van der Waals surface area contributed by atoms with Crippen LogP contribution in [0.2, 0.25) is 0 Å². The third kappa shape index (κ3) is 3.79. The highest BCUT2D eigenvalue weighted by Gasteiger charge is 2.46. The number of pyridine rings is 1. The van der Waals surface area contributed by atoms with Crippen LogP contribution in [-0.2, 0) is 10.0 Å². The first kappa shape index (κ1) is 20.1. The topological polar surface area (TPSA) is 85.6 Å². The molecule has 0 spiro atoms. The fourth-order valence-corrected chi connectivity index (χ4v) is 6.52. The molecule has 1 N–H and O–H groups in total. The standard InChI is InChI=1S/C22H32N4O3S/c1-4-15-7-13(2)17-8-14(9-18(15)17)12-29-20-10-21-23-24-22(25-30(3,27)28)26(21)11-19(20)16-5-6-16/h10-11,13-18H,4-9,12H2,1-3H3,(H,24,25). The zero-order chi connectivity index (χ0) is 21.0. The molecule has 2 heterocycles. The lowest BCUT2D eigenvalue weighted by Gasteiger charge is -2.18. The van der Waals surface area contributed by atoms with Gasteiger partial charge in [0.15, 0.2) is 5.65 Å². The Kier molecular flexibility index (Phi) is 4.95. The van der Waals surface area contributed by atoms with Gasteiger partial charge < -0.3 is 4.74 Å². The molecule has 0 aliphatic heterocycles. The predicted molar refractivity (Wildman–Crippen MR) is 116 cm³/mol. The van der Waals surface area contributed by atoms with Gasteiger partial charge in [0.05, 0.1) is 12.9 Å². The molecule has 0 aromatic carbocycles. The van der Waals surface area contributed by atoms with E-state index in [9.17, 15) is 8.42 Å². The van der Waals surface area contributed by atoms with Crippen molar-refractivity contribution in [1.82, 2.24) is 14.6 Å². The molecule has 2 aromatic rings. The summed E-state index contributed by atoms with van der Waals surface area (Å²) in [5.41, 5.74) is 1.74. The Balaban J connectivity index is 1.34. The Morgan fingerprint density at radius 3 is 2.67 bits per heavy atom. The Hall–Kier alpha value is -1.83. The zero-order valence-corrected chi connectivity index (χ0v) is 18.9. The molecule has 30 heavy (non-hydrogen) atoms. The average molecular weight is 433 g/mol. The van der Waals surface area contributed by atoms with Gasteiger partial charge in [-0.2, -0.15) is 0 Å². The van der Waals surface area contributed by atoms with Crippen molar-refractivity contribution in [2.45, 2.75) is 58.3 Å². The van der Waals surface area contributed by atoms with Crippen molar-refractivity contribution >= 4 is 21.6 Å². The number of aromatic nitrogens is 3. The van der Waals surface area contributed by atoms with E-state index >= 15 is 0 Å². The summed E-state index contributed by atoms with van der Waals surface area (Å²) < 4.78 is 33.8. The largest absolute Gasteiger partial charge is 0.493 e. The highest BCUT2D eigenvalue weighted by atomic mass is 32.2. The van der Waals surface area contributed by atoms with Crippen molar-refractivity contribution in [2.75, 3.05) is 17.6 Å². The second-order valence-electron chi connectivity index (χ2n) is 9.85. The van der Waals surface area contributed by atoms with E-state index < -0.39 is 10.0 Å². The number of sulfonamides is 1. The molecule has 5 rings (SSSR count). The highest BCUT2D eigenvalue weighted by Crippen LogP contribution is 2.54. The minimum Gasteiger partial charge on any atom is -0.493 e. The number of hydrogen-bond acceptors (Lipinski definition) is 5. The number of ether oxygens (including phenoxy) is 1. The van der Waals surface area contributed by atoms with Gasteiger partial charge in [-0.25, -0.2) is 8.42 Å². The molecular weight excluding hydrogens is 400 g/mol. The maximum atomic E-state index is 11.6. The van der Waals surface area contributed by atoms with Gasteiger partial charge in [-0.05, 0) is 67.6 Å². The number of anilines is 1. The smallest absolute Gasteiger partial charge is 0.242 e. The van der Waals surface area contributed by atoms with E-state index in [1.165, 1.54) is 25.7 Å². The second kappa shape index (κ2) is 7.39. The van der Waals surface area contributed by atoms with E-state index in [2.05, 4.69) is 28.8 Å². The molecule has 2 aromatic heterocycles. The van der Waals surface area contributed by atoms with Crippen molar-refractivity contribution in [3.8, 4) is 5.75 Å². The number of rotatable bonds is 7. The van der Waals surface area contributed by atoms with Gasteiger partial charge in [-0.15, -0.1) is 10.2 Å². The quantitative estimate of drug-likeness (QED) is 0.713. The van der Waals surface area contributed by atoms with Gasteiger partial charge in [0, 0.05) is 17.8 Å². The van der Waals surface area contributed by atoms with Gasteiger partial charge in [-0.1, -0.05) is 20.3 Å². The predicted octanol–water partition coefficient (Wildman–Crippen LogP) is 4.07. The summed E-state index contributed by atoms with van der Waals surface area (Å²) in [6.45, 7) is 5.53. The molecule has 8 heteroatoms. The number of fused-ring (bicyclic) bond motifs is 2. The Labute approximate surface area is 178 Å². The van der Waals surface area contributed by atoms with Crippen LogP contribution in [0.1, 0.15) is 63.9 Å². The summed E-state index contributed by atoms with van der Waals surface area (Å²) in [7, 11) is -3.41. The van der Waals surface area contributed by atoms with Crippen molar-refractivity contribution in [3.05, 3.63) is 17.8 Å². The van der Waals surface area contributed by atoms with Gasteiger partial charge in [0.1, 0.15) is 5.75 Å². The maximum Gasteiger partial charge on any atom is 0.242 e. The molecule has 0 bridgehead atoms. The van der Waals surface area contributed by atoms with Crippen LogP contribution in [0, 0.1) is 29.6 Å². The van der Waals surface area contributed by atoms with Crippen molar-refractivity contribution in [1.29, 1.82) is 0 Å². The first-order valence-corrected chi connectivity index (χ1v) is 13.2. The molecule has 7 nitrogen and oxygen atoms in total. The first-order chi connectivity index (χ1) is 14.3. The molecule has 0 saturated heterocycles. The van der Waals surface area contributed by atoms with Crippen LogP contribution in [0.25, 0.3) is 5.65 Å². The molecule has 3 aliphatic rings. The van der Waals surface area contributed by atoms with E-state index in [1.54, 1.807) is 4.40 Å². The molecule has 164 valence electrons. The summed E-state index contributed by atoms with van der Waals surface area (Å²) >= 11 is 0. The lowest BCUT2D eigenvalue weighted by molar-refractivity contribution is 0.232. The van der Waals surface area contributed by atoms with Gasteiger partial charge in [0.25, 0.3) is 0 Å². The molecule has 3 fully saturated rings. The highest BCUT2D eigenvalue weighted by molar-refractivity contribution is 7.92. The van der Waals surface area contributed by atoms with E-state index in [1.807, 2.05) is 12.3 Å². The Bertz CT molecular complexity index is 1050. The molecule has 0 radical (unpaired) electrons. The van der Waals surface area contributed by atoms with Crippen molar-refractivity contribution < 1.29 is 13.2 Å². The van der Waals surface area contributed by atoms with Crippen LogP contribution in [0.5, 0.6) is 5.75 Å². The summed E-state index contributed by atoms with van der Waals surface area (Å²) in [5.74, 6) is 5.71. The van der Waals surface area contributed by atoms with Crippen molar-refractivity contribution in [2.24, 2.45) is 29.6 Å². The third-order valence-corrected chi connectivity index (χ3v) is 8.15. The summed E-state index contributed by atoms with van der Waals surface area (Å²) in [6, 6.07) is 1.92. The fourth-order valence-electron chi connectivity index (χ4n) is 6.05. The molecule has 3 saturated carbocycles. The average Bonchev–Trinajstić information content (AvgIpc) is 3.23. The van der Waals surface area contributed by atoms with Gasteiger partial charge in [-0.3, -0.25) is 9.12 Å². The lowest BCUT2D eigenvalue weighted by atomic mass is 9.89. The number of nitrogens with zero attached hydrogens (tertiary/aromatic N) is 3. The normalized spacial score (nSPS) is 31.2. The molecule has 0 amide bonds. The van der Waals surface area contributed by atoms with Crippen molar-refractivity contribution in [3.63, 3.8) is 0 Å². The molecule has 5 unspecified atom stereocenters. The monoisotopic (exact) mass is 432 g/mol. The van der Waals surface area contributed by atoms with Gasteiger partial charge >= 0.3 is 0 Å². The first-order valence-electron chi connectivity index (χ1n) is 11.3. The Morgan fingerprint density at radius 2 is 1.97 bits per heavy atom. The van der Waals surface area contributed by atoms with E-state index in [0.29, 0.717) is 17.5 Å². The second-order valence-corrected chi connectivity index (χ2v) is 11.6. The minimum atomic E-state index is -3.41. The number of nitrogens with one attached hydrogen (secondary N) is 1. The summed E-state index contributed by atoms with van der Waals surface area (Å²) in [5, 5.41) is 8.16. The van der Waals surface area contributed by atoms with Crippen LogP contribution in [0.4, 0.5) is 5.95 Å².